The number of rotatable bonds is 19. The molecule has 0 spiro atoms. The van der Waals surface area contributed by atoms with Crippen LogP contribution in [0.4, 0.5) is 0 Å². The molecule has 0 unspecified atom stereocenters. The lowest BCUT2D eigenvalue weighted by Crippen LogP contribution is -2.28. The number of amides is 1. The second-order valence-electron chi connectivity index (χ2n) is 7.81. The van der Waals surface area contributed by atoms with Gasteiger partial charge in [-0.3, -0.25) is 9.59 Å². The Morgan fingerprint density at radius 2 is 1.03 bits per heavy atom. The van der Waals surface area contributed by atoms with Gasteiger partial charge in [-0.2, -0.15) is 0 Å². The molecule has 4 nitrogen and oxygen atoms in total. The predicted octanol–water partition coefficient (Wildman–Crippen LogP) is 7.37. The van der Waals surface area contributed by atoms with Gasteiger partial charge in [-0.15, -0.1) is 0 Å². The summed E-state index contributed by atoms with van der Waals surface area (Å²) < 4.78 is 0. The van der Waals surface area contributed by atoms with Crippen LogP contribution >= 0.6 is 0 Å². The van der Waals surface area contributed by atoms with Crippen LogP contribution in [0.1, 0.15) is 124 Å². The number of likely N-dealkylation sites (N-methyl/N-ethyl adjacent to an activating group) is 1. The summed E-state index contributed by atoms with van der Waals surface area (Å²) in [4.78, 5) is 22.8. The molecule has 0 saturated carbocycles. The average molecular weight is 412 g/mol. The SMILES string of the molecule is C=CC(=O)N(CC)CC.CCCCCCCCCCCCCCCCCC(=O)O. The molecule has 172 valence electrons. The van der Waals surface area contributed by atoms with Crippen LogP contribution in [0.2, 0.25) is 0 Å². The summed E-state index contributed by atoms with van der Waals surface area (Å²) in [6.07, 6.45) is 21.5. The van der Waals surface area contributed by atoms with Crippen LogP contribution < -0.4 is 0 Å². The summed E-state index contributed by atoms with van der Waals surface area (Å²) in [7, 11) is 0. The van der Waals surface area contributed by atoms with Gasteiger partial charge >= 0.3 is 5.97 Å². The molecule has 0 fully saturated rings. The lowest BCUT2D eigenvalue weighted by molar-refractivity contribution is -0.137. The van der Waals surface area contributed by atoms with Gasteiger partial charge in [0.15, 0.2) is 0 Å². The predicted molar refractivity (Wildman–Crippen MR) is 125 cm³/mol. The fraction of sp³-hybridized carbons (Fsp3) is 0.840. The van der Waals surface area contributed by atoms with Gasteiger partial charge in [0.25, 0.3) is 0 Å². The minimum Gasteiger partial charge on any atom is -0.481 e. The minimum atomic E-state index is -0.653. The smallest absolute Gasteiger partial charge is 0.303 e. The first-order valence-electron chi connectivity index (χ1n) is 12.2. The van der Waals surface area contributed by atoms with Gasteiger partial charge in [0, 0.05) is 19.5 Å². The summed E-state index contributed by atoms with van der Waals surface area (Å²) in [6.45, 7) is 11.1. The Labute approximate surface area is 181 Å². The molecule has 0 bridgehead atoms. The third-order valence-electron chi connectivity index (χ3n) is 5.24. The van der Waals surface area contributed by atoms with Gasteiger partial charge in [-0.05, 0) is 26.3 Å². The van der Waals surface area contributed by atoms with Crippen molar-refractivity contribution in [3.05, 3.63) is 12.7 Å². The molecular formula is C25H49NO3. The zero-order chi connectivity index (χ0) is 22.2. The van der Waals surface area contributed by atoms with Crippen molar-refractivity contribution in [2.75, 3.05) is 13.1 Å². The average Bonchev–Trinajstić information content (AvgIpc) is 2.72. The van der Waals surface area contributed by atoms with Crippen molar-refractivity contribution in [3.8, 4) is 0 Å². The van der Waals surface area contributed by atoms with E-state index in [2.05, 4.69) is 13.5 Å². The molecular weight excluding hydrogens is 362 g/mol. The standard InChI is InChI=1S/C18H36O2.C7H13NO/c1-2-3-4-5-6-7-8-9-10-11-12-13-14-15-16-17-18(19)20;1-4-7(9)8(5-2)6-3/h2-17H2,1H3,(H,19,20);4H,1,5-6H2,2-3H3. The maximum atomic E-state index is 10.8. The first kappa shape index (κ1) is 29.9. The molecule has 0 heterocycles. The Hall–Kier alpha value is -1.32. The number of carboxylic acid groups (broad SMARTS) is 1. The molecule has 0 aromatic heterocycles. The van der Waals surface area contributed by atoms with Crippen molar-refractivity contribution in [2.24, 2.45) is 0 Å². The highest BCUT2D eigenvalue weighted by atomic mass is 16.4. The van der Waals surface area contributed by atoms with E-state index < -0.39 is 5.97 Å². The van der Waals surface area contributed by atoms with E-state index in [4.69, 9.17) is 5.11 Å². The fourth-order valence-electron chi connectivity index (χ4n) is 3.31. The Bertz CT molecular complexity index is 378. The Morgan fingerprint density at radius 1 is 0.690 bits per heavy atom. The normalized spacial score (nSPS) is 10.2. The van der Waals surface area contributed by atoms with Gasteiger partial charge in [-0.25, -0.2) is 0 Å². The summed E-state index contributed by atoms with van der Waals surface area (Å²) >= 11 is 0. The molecule has 0 saturated heterocycles. The number of hydrogen-bond acceptors (Lipinski definition) is 2. The molecule has 29 heavy (non-hydrogen) atoms. The summed E-state index contributed by atoms with van der Waals surface area (Å²) in [5.41, 5.74) is 0. The van der Waals surface area contributed by atoms with E-state index in [-0.39, 0.29) is 5.91 Å². The van der Waals surface area contributed by atoms with E-state index in [0.717, 1.165) is 25.9 Å². The number of unbranched alkanes of at least 4 members (excludes halogenated alkanes) is 14. The Balaban J connectivity index is 0. The highest BCUT2D eigenvalue weighted by Crippen LogP contribution is 2.13. The number of hydrogen-bond donors (Lipinski definition) is 1. The van der Waals surface area contributed by atoms with Crippen LogP contribution in [0.3, 0.4) is 0 Å². The van der Waals surface area contributed by atoms with Crippen LogP contribution in [-0.2, 0) is 9.59 Å². The molecule has 0 aliphatic heterocycles. The van der Waals surface area contributed by atoms with Crippen LogP contribution in [0.25, 0.3) is 0 Å². The van der Waals surface area contributed by atoms with Crippen molar-refractivity contribution in [3.63, 3.8) is 0 Å². The number of aliphatic carboxylic acids is 1. The zero-order valence-corrected chi connectivity index (χ0v) is 19.7. The molecule has 0 rings (SSSR count). The monoisotopic (exact) mass is 411 g/mol. The maximum Gasteiger partial charge on any atom is 0.303 e. The van der Waals surface area contributed by atoms with Crippen molar-refractivity contribution >= 4 is 11.9 Å². The van der Waals surface area contributed by atoms with Gasteiger partial charge < -0.3 is 10.0 Å². The molecule has 0 radical (unpaired) electrons. The summed E-state index contributed by atoms with van der Waals surface area (Å²) in [5.74, 6) is -0.639. The number of carboxylic acids is 1. The molecule has 0 aromatic rings. The molecule has 4 heteroatoms. The number of carbonyl (C=O) groups excluding carboxylic acids is 1. The van der Waals surface area contributed by atoms with Crippen molar-refractivity contribution in [2.45, 2.75) is 124 Å². The quantitative estimate of drug-likeness (QED) is 0.178. The first-order chi connectivity index (χ1) is 14.0. The van der Waals surface area contributed by atoms with E-state index in [1.54, 1.807) is 4.90 Å². The molecule has 1 N–H and O–H groups in total. The molecule has 1 amide bonds. The zero-order valence-electron chi connectivity index (χ0n) is 19.7. The lowest BCUT2D eigenvalue weighted by Gasteiger charge is -2.15. The maximum absolute atomic E-state index is 10.8. The lowest BCUT2D eigenvalue weighted by atomic mass is 10.0. The van der Waals surface area contributed by atoms with E-state index in [1.165, 1.54) is 89.5 Å². The Kier molecular flexibility index (Phi) is 25.5. The summed E-state index contributed by atoms with van der Waals surface area (Å²) in [5, 5.41) is 8.52. The van der Waals surface area contributed by atoms with Crippen LogP contribution in [0.5, 0.6) is 0 Å². The minimum absolute atomic E-state index is 0.0139. The van der Waals surface area contributed by atoms with Crippen molar-refractivity contribution < 1.29 is 14.7 Å². The highest BCUT2D eigenvalue weighted by Gasteiger charge is 2.02. The van der Waals surface area contributed by atoms with Crippen molar-refractivity contribution in [1.82, 2.24) is 4.90 Å². The van der Waals surface area contributed by atoms with Gasteiger partial charge in [0.05, 0.1) is 0 Å². The number of nitrogens with zero attached hydrogens (tertiary/aromatic N) is 1. The van der Waals surface area contributed by atoms with Crippen molar-refractivity contribution in [1.29, 1.82) is 0 Å². The first-order valence-corrected chi connectivity index (χ1v) is 12.2. The summed E-state index contributed by atoms with van der Waals surface area (Å²) in [6, 6.07) is 0. The highest BCUT2D eigenvalue weighted by molar-refractivity contribution is 5.86. The second-order valence-corrected chi connectivity index (χ2v) is 7.81. The topological polar surface area (TPSA) is 57.6 Å². The molecule has 0 aliphatic rings. The third-order valence-corrected chi connectivity index (χ3v) is 5.24. The van der Waals surface area contributed by atoms with E-state index >= 15 is 0 Å². The third kappa shape index (κ3) is 24.6. The van der Waals surface area contributed by atoms with Crippen LogP contribution in [0.15, 0.2) is 12.7 Å². The number of carbonyl (C=O) groups is 2. The van der Waals surface area contributed by atoms with Crippen LogP contribution in [0, 0.1) is 0 Å². The van der Waals surface area contributed by atoms with Gasteiger partial charge in [0.1, 0.15) is 0 Å². The van der Waals surface area contributed by atoms with E-state index in [0.29, 0.717) is 6.42 Å². The van der Waals surface area contributed by atoms with Crippen LogP contribution in [-0.4, -0.2) is 35.0 Å². The van der Waals surface area contributed by atoms with E-state index in [1.807, 2.05) is 13.8 Å². The second kappa shape index (κ2) is 24.7. The molecule has 0 aromatic carbocycles. The largest absolute Gasteiger partial charge is 0.481 e. The molecule has 0 atom stereocenters. The molecule has 0 aliphatic carbocycles. The van der Waals surface area contributed by atoms with Gasteiger partial charge in [0.2, 0.25) is 5.91 Å². The van der Waals surface area contributed by atoms with Gasteiger partial charge in [-0.1, -0.05) is 103 Å². The van der Waals surface area contributed by atoms with E-state index in [9.17, 15) is 9.59 Å². The fourth-order valence-corrected chi connectivity index (χ4v) is 3.31. The Morgan fingerprint density at radius 3 is 1.28 bits per heavy atom.